The highest BCUT2D eigenvalue weighted by Gasteiger charge is 2.30. The van der Waals surface area contributed by atoms with Gasteiger partial charge in [-0.3, -0.25) is 0 Å². The van der Waals surface area contributed by atoms with Crippen LogP contribution in [0.1, 0.15) is 29.1 Å². The van der Waals surface area contributed by atoms with Gasteiger partial charge in [-0.15, -0.1) is 11.3 Å². The standard InChI is InChI=1S/C17H23N3O5S2/c1-11-4-2-3-5-12(11)16(22)19-17-13(15(18)21)10-14(26-17)27(23,24)20-6-8-25-9-7-20/h2-5,10,15-16,19,21-22H,6-9,18H2,1H3. The van der Waals surface area contributed by atoms with Crippen LogP contribution in [-0.2, 0) is 14.8 Å². The summed E-state index contributed by atoms with van der Waals surface area (Å²) < 4.78 is 32.3. The third-order valence-corrected chi connectivity index (χ3v) is 7.80. The van der Waals surface area contributed by atoms with Crippen molar-refractivity contribution in [1.29, 1.82) is 0 Å². The van der Waals surface area contributed by atoms with E-state index in [0.29, 0.717) is 23.8 Å². The highest BCUT2D eigenvalue weighted by Crippen LogP contribution is 2.37. The van der Waals surface area contributed by atoms with Crippen molar-refractivity contribution >= 4 is 26.4 Å². The third-order valence-electron chi connectivity index (χ3n) is 4.37. The van der Waals surface area contributed by atoms with Crippen LogP contribution >= 0.6 is 11.3 Å². The molecule has 0 saturated carbocycles. The van der Waals surface area contributed by atoms with Crippen LogP contribution in [0.15, 0.2) is 34.5 Å². The third kappa shape index (κ3) is 4.32. The van der Waals surface area contributed by atoms with Gasteiger partial charge in [-0.1, -0.05) is 24.3 Å². The molecule has 27 heavy (non-hydrogen) atoms. The molecule has 148 valence electrons. The SMILES string of the molecule is Cc1ccccc1C(O)Nc1sc(S(=O)(=O)N2CCOCC2)cc1C(N)O. The maximum absolute atomic E-state index is 12.9. The zero-order chi connectivity index (χ0) is 19.6. The Kier molecular flexibility index (Phi) is 6.16. The summed E-state index contributed by atoms with van der Waals surface area (Å²) in [6.45, 7) is 3.09. The van der Waals surface area contributed by atoms with Crippen molar-refractivity contribution in [3.8, 4) is 0 Å². The first kappa shape index (κ1) is 20.2. The molecule has 1 aliphatic rings. The van der Waals surface area contributed by atoms with Gasteiger partial charge in [-0.25, -0.2) is 8.42 Å². The van der Waals surface area contributed by atoms with Crippen molar-refractivity contribution in [2.45, 2.75) is 23.6 Å². The van der Waals surface area contributed by atoms with Crippen molar-refractivity contribution in [3.63, 3.8) is 0 Å². The van der Waals surface area contributed by atoms with Gasteiger partial charge in [0.1, 0.15) is 10.4 Å². The first-order valence-corrected chi connectivity index (χ1v) is 10.7. The van der Waals surface area contributed by atoms with Crippen molar-refractivity contribution in [2.24, 2.45) is 5.73 Å². The summed E-state index contributed by atoms with van der Waals surface area (Å²) in [6.07, 6.45) is -2.44. The van der Waals surface area contributed by atoms with Gasteiger partial charge in [0, 0.05) is 24.2 Å². The lowest BCUT2D eigenvalue weighted by molar-refractivity contribution is 0.0731. The predicted molar refractivity (Wildman–Crippen MR) is 103 cm³/mol. The smallest absolute Gasteiger partial charge is 0.252 e. The van der Waals surface area contributed by atoms with Crippen LogP contribution in [0.3, 0.4) is 0 Å². The highest BCUT2D eigenvalue weighted by atomic mass is 32.2. The van der Waals surface area contributed by atoms with Gasteiger partial charge in [0.15, 0.2) is 6.23 Å². The number of rotatable bonds is 6. The molecular formula is C17H23N3O5S2. The molecule has 2 aromatic rings. The van der Waals surface area contributed by atoms with E-state index in [1.165, 1.54) is 10.4 Å². The molecule has 1 aliphatic heterocycles. The summed E-state index contributed by atoms with van der Waals surface area (Å²) >= 11 is 0.936. The molecule has 0 spiro atoms. The van der Waals surface area contributed by atoms with Crippen molar-refractivity contribution in [1.82, 2.24) is 4.31 Å². The molecule has 2 heterocycles. The maximum Gasteiger partial charge on any atom is 0.252 e. The van der Waals surface area contributed by atoms with Gasteiger partial charge < -0.3 is 26.0 Å². The summed E-state index contributed by atoms with van der Waals surface area (Å²) in [5.41, 5.74) is 7.36. The number of nitrogens with two attached hydrogens (primary N) is 1. The first-order chi connectivity index (χ1) is 12.8. The molecular weight excluding hydrogens is 390 g/mol. The topological polar surface area (TPSA) is 125 Å². The molecule has 3 rings (SSSR count). The normalized spacial score (nSPS) is 18.2. The lowest BCUT2D eigenvalue weighted by Gasteiger charge is -2.25. The Labute approximate surface area is 162 Å². The minimum absolute atomic E-state index is 0.0587. The number of anilines is 1. The van der Waals surface area contributed by atoms with Gasteiger partial charge >= 0.3 is 0 Å². The molecule has 5 N–H and O–H groups in total. The van der Waals surface area contributed by atoms with E-state index < -0.39 is 22.5 Å². The van der Waals surface area contributed by atoms with Crippen molar-refractivity contribution in [3.05, 3.63) is 47.0 Å². The Morgan fingerprint density at radius 1 is 1.22 bits per heavy atom. The Morgan fingerprint density at radius 2 is 1.89 bits per heavy atom. The molecule has 2 unspecified atom stereocenters. The second kappa shape index (κ2) is 8.23. The fraction of sp³-hybridized carbons (Fsp3) is 0.412. The number of nitrogens with zero attached hydrogens (tertiary/aromatic N) is 1. The molecule has 0 radical (unpaired) electrons. The molecule has 10 heteroatoms. The quantitative estimate of drug-likeness (QED) is 0.523. The average molecular weight is 414 g/mol. The van der Waals surface area contributed by atoms with Gasteiger partial charge in [0.05, 0.1) is 18.2 Å². The van der Waals surface area contributed by atoms with Crippen molar-refractivity contribution in [2.75, 3.05) is 31.6 Å². The Bertz CT molecular complexity index is 892. The number of thiophene rings is 1. The number of hydrogen-bond acceptors (Lipinski definition) is 8. The van der Waals surface area contributed by atoms with E-state index in [1.54, 1.807) is 12.1 Å². The van der Waals surface area contributed by atoms with E-state index in [2.05, 4.69) is 5.32 Å². The fourth-order valence-corrected chi connectivity index (χ4v) is 5.85. The lowest BCUT2D eigenvalue weighted by Crippen LogP contribution is -2.40. The first-order valence-electron chi connectivity index (χ1n) is 8.46. The molecule has 8 nitrogen and oxygen atoms in total. The zero-order valence-corrected chi connectivity index (χ0v) is 16.5. The molecule has 1 aromatic carbocycles. The average Bonchev–Trinajstić information content (AvgIpc) is 3.07. The summed E-state index contributed by atoms with van der Waals surface area (Å²) in [5, 5.41) is 23.6. The molecule has 2 atom stereocenters. The summed E-state index contributed by atoms with van der Waals surface area (Å²) in [4.78, 5) is 0. The number of nitrogens with one attached hydrogen (secondary N) is 1. The van der Waals surface area contributed by atoms with Crippen LogP contribution in [0.4, 0.5) is 5.00 Å². The summed E-state index contributed by atoms with van der Waals surface area (Å²) in [5.74, 6) is 0. The van der Waals surface area contributed by atoms with Crippen LogP contribution in [0.2, 0.25) is 0 Å². The van der Waals surface area contributed by atoms with Gasteiger partial charge in [0.25, 0.3) is 10.0 Å². The number of morpholine rings is 1. The monoisotopic (exact) mass is 413 g/mol. The second-order valence-corrected chi connectivity index (χ2v) is 9.43. The van der Waals surface area contributed by atoms with Crippen LogP contribution < -0.4 is 11.1 Å². The van der Waals surface area contributed by atoms with E-state index in [1.807, 2.05) is 19.1 Å². The largest absolute Gasteiger partial charge is 0.379 e. The van der Waals surface area contributed by atoms with Crippen molar-refractivity contribution < 1.29 is 23.4 Å². The zero-order valence-electron chi connectivity index (χ0n) is 14.8. The number of hydrogen-bond donors (Lipinski definition) is 4. The predicted octanol–water partition coefficient (Wildman–Crippen LogP) is 1.13. The number of sulfonamides is 1. The Balaban J connectivity index is 1.90. The van der Waals surface area contributed by atoms with E-state index >= 15 is 0 Å². The van der Waals surface area contributed by atoms with Crippen LogP contribution in [0.5, 0.6) is 0 Å². The number of aryl methyl sites for hydroxylation is 1. The number of benzene rings is 1. The van der Waals surface area contributed by atoms with Gasteiger partial charge in [0.2, 0.25) is 0 Å². The molecule has 0 aliphatic carbocycles. The van der Waals surface area contributed by atoms with Crippen LogP contribution in [-0.4, -0.2) is 49.2 Å². The van der Waals surface area contributed by atoms with E-state index in [9.17, 15) is 18.6 Å². The molecule has 0 bridgehead atoms. The van der Waals surface area contributed by atoms with E-state index in [-0.39, 0.29) is 22.9 Å². The molecule has 0 amide bonds. The van der Waals surface area contributed by atoms with Gasteiger partial charge in [-0.05, 0) is 18.6 Å². The summed E-state index contributed by atoms with van der Waals surface area (Å²) in [6, 6.07) is 8.65. The van der Waals surface area contributed by atoms with Gasteiger partial charge in [-0.2, -0.15) is 4.31 Å². The molecule has 1 fully saturated rings. The highest BCUT2D eigenvalue weighted by molar-refractivity contribution is 7.91. The molecule has 1 aromatic heterocycles. The number of aliphatic hydroxyl groups excluding tert-OH is 2. The number of ether oxygens (including phenoxy) is 1. The lowest BCUT2D eigenvalue weighted by atomic mass is 10.1. The number of aliphatic hydroxyl groups is 2. The Hall–Kier alpha value is -1.53. The molecule has 1 saturated heterocycles. The van der Waals surface area contributed by atoms with E-state index in [0.717, 1.165) is 16.9 Å². The minimum atomic E-state index is -3.72. The summed E-state index contributed by atoms with van der Waals surface area (Å²) in [7, 11) is -3.72. The Morgan fingerprint density at radius 3 is 2.52 bits per heavy atom. The fourth-order valence-electron chi connectivity index (χ4n) is 2.85. The van der Waals surface area contributed by atoms with E-state index in [4.69, 9.17) is 10.5 Å². The maximum atomic E-state index is 12.9. The van der Waals surface area contributed by atoms with Crippen LogP contribution in [0, 0.1) is 6.92 Å². The minimum Gasteiger partial charge on any atom is -0.379 e. The second-order valence-electron chi connectivity index (χ2n) is 6.21. The van der Waals surface area contributed by atoms with Crippen LogP contribution in [0.25, 0.3) is 0 Å².